The molecule has 136 valence electrons. The normalized spacial score (nSPS) is 19.0. The van der Waals surface area contributed by atoms with E-state index >= 15 is 0 Å². The van der Waals surface area contributed by atoms with Gasteiger partial charge in [0.2, 0.25) is 0 Å². The average Bonchev–Trinajstić information content (AvgIpc) is 2.47. The summed E-state index contributed by atoms with van der Waals surface area (Å²) in [7, 11) is 3.25. The highest BCUT2D eigenvalue weighted by atomic mass is 16.4. The van der Waals surface area contributed by atoms with E-state index in [4.69, 9.17) is 5.11 Å². The molecule has 1 rings (SSSR count). The summed E-state index contributed by atoms with van der Waals surface area (Å²) in [6.07, 6.45) is 16.3. The highest BCUT2D eigenvalue weighted by Gasteiger charge is 2.26. The molecular formula is C22H36O2. The van der Waals surface area contributed by atoms with E-state index in [9.17, 15) is 0 Å². The van der Waals surface area contributed by atoms with Crippen LogP contribution < -0.4 is 0 Å². The smallest absolute Gasteiger partial charge is 0.0617 e. The molecule has 0 fully saturated rings. The minimum absolute atomic E-state index is 0.0985. The van der Waals surface area contributed by atoms with Crippen LogP contribution in [0.15, 0.2) is 58.7 Å². The molecule has 2 heteroatoms. The first kappa shape index (κ1) is 22.6. The molecule has 0 heterocycles. The van der Waals surface area contributed by atoms with Crippen LogP contribution in [0.2, 0.25) is 0 Å². The maximum Gasteiger partial charge on any atom is 0.0617 e. The predicted molar refractivity (Wildman–Crippen MR) is 106 cm³/mol. The summed E-state index contributed by atoms with van der Waals surface area (Å²) in [6, 6.07) is 0. The SMILES string of the molecule is CC1=C(/C=C/C(C)=C/C=C/C(C)=C/CO)C(C)(C)CCC1.COC. The summed E-state index contributed by atoms with van der Waals surface area (Å²) >= 11 is 0. The first-order valence-electron chi connectivity index (χ1n) is 8.69. The van der Waals surface area contributed by atoms with Gasteiger partial charge >= 0.3 is 0 Å². The zero-order valence-electron chi connectivity index (χ0n) is 16.6. The molecule has 24 heavy (non-hydrogen) atoms. The van der Waals surface area contributed by atoms with Gasteiger partial charge in [-0.3, -0.25) is 0 Å². The minimum Gasteiger partial charge on any atom is -0.392 e. The Hall–Kier alpha value is -1.38. The molecule has 1 aliphatic carbocycles. The van der Waals surface area contributed by atoms with Crippen LogP contribution in [0.1, 0.15) is 53.9 Å². The second kappa shape index (κ2) is 12.0. The molecule has 0 amide bonds. The van der Waals surface area contributed by atoms with Crippen molar-refractivity contribution in [2.75, 3.05) is 20.8 Å². The molecule has 0 aliphatic heterocycles. The molecule has 1 N–H and O–H groups in total. The van der Waals surface area contributed by atoms with Crippen molar-refractivity contribution < 1.29 is 9.84 Å². The summed E-state index contributed by atoms with van der Waals surface area (Å²) in [5.74, 6) is 0. The standard InChI is InChI=1S/C20H30O.C2H6O/c1-16(8-6-9-17(2)13-15-21)11-12-19-18(3)10-7-14-20(19,4)5;1-3-2/h6,8-9,11-13,21H,7,10,14-15H2,1-5H3;1-2H3/b9-6+,12-11+,16-8+,17-13+;. The Morgan fingerprint density at radius 2 is 1.79 bits per heavy atom. The van der Waals surface area contributed by atoms with Gasteiger partial charge in [-0.2, -0.15) is 0 Å². The van der Waals surface area contributed by atoms with E-state index in [2.05, 4.69) is 50.7 Å². The van der Waals surface area contributed by atoms with Crippen molar-refractivity contribution >= 4 is 0 Å². The molecule has 0 aromatic rings. The number of aliphatic hydroxyl groups is 1. The molecular weight excluding hydrogens is 296 g/mol. The Bertz CT molecular complexity index is 514. The summed E-state index contributed by atoms with van der Waals surface area (Å²) in [6.45, 7) is 11.2. The number of ether oxygens (including phenoxy) is 1. The lowest BCUT2D eigenvalue weighted by Crippen LogP contribution is -2.19. The van der Waals surface area contributed by atoms with E-state index in [1.165, 1.54) is 36.0 Å². The number of aliphatic hydroxyl groups excluding tert-OH is 1. The third-order valence-corrected chi connectivity index (χ3v) is 4.19. The van der Waals surface area contributed by atoms with Gasteiger partial charge in [0.15, 0.2) is 0 Å². The largest absolute Gasteiger partial charge is 0.392 e. The molecule has 0 saturated carbocycles. The van der Waals surface area contributed by atoms with Crippen LogP contribution in [0.25, 0.3) is 0 Å². The molecule has 0 aromatic carbocycles. The Balaban J connectivity index is 0.00000163. The van der Waals surface area contributed by atoms with Crippen molar-refractivity contribution in [2.24, 2.45) is 5.41 Å². The number of rotatable bonds is 5. The second-order valence-corrected chi connectivity index (χ2v) is 7.07. The van der Waals surface area contributed by atoms with Gasteiger partial charge in [-0.1, -0.05) is 67.0 Å². The van der Waals surface area contributed by atoms with Gasteiger partial charge < -0.3 is 9.84 Å². The van der Waals surface area contributed by atoms with Crippen LogP contribution in [-0.2, 0) is 4.74 Å². The number of hydrogen-bond acceptors (Lipinski definition) is 2. The molecule has 0 aromatic heterocycles. The average molecular weight is 333 g/mol. The van der Waals surface area contributed by atoms with Crippen molar-refractivity contribution in [3.63, 3.8) is 0 Å². The van der Waals surface area contributed by atoms with E-state index in [0.29, 0.717) is 5.41 Å². The summed E-state index contributed by atoms with van der Waals surface area (Å²) in [5.41, 5.74) is 5.66. The monoisotopic (exact) mass is 332 g/mol. The third-order valence-electron chi connectivity index (χ3n) is 4.19. The summed E-state index contributed by atoms with van der Waals surface area (Å²) in [5, 5.41) is 8.81. The second-order valence-electron chi connectivity index (χ2n) is 7.07. The molecule has 0 saturated heterocycles. The Morgan fingerprint density at radius 3 is 2.33 bits per heavy atom. The Labute approximate surface area is 149 Å². The molecule has 0 spiro atoms. The predicted octanol–water partition coefficient (Wildman–Crippen LogP) is 5.77. The lowest BCUT2D eigenvalue weighted by molar-refractivity contribution is 0.277. The maximum absolute atomic E-state index is 8.81. The lowest BCUT2D eigenvalue weighted by atomic mass is 9.72. The van der Waals surface area contributed by atoms with E-state index in [-0.39, 0.29) is 6.61 Å². The van der Waals surface area contributed by atoms with Crippen LogP contribution in [0.3, 0.4) is 0 Å². The molecule has 0 bridgehead atoms. The quantitative estimate of drug-likeness (QED) is 0.647. The van der Waals surface area contributed by atoms with Crippen molar-refractivity contribution in [2.45, 2.75) is 53.9 Å². The zero-order valence-corrected chi connectivity index (χ0v) is 16.6. The van der Waals surface area contributed by atoms with E-state index in [0.717, 1.165) is 5.57 Å². The van der Waals surface area contributed by atoms with Crippen LogP contribution in [0.4, 0.5) is 0 Å². The van der Waals surface area contributed by atoms with Crippen molar-refractivity contribution in [1.29, 1.82) is 0 Å². The molecule has 0 unspecified atom stereocenters. The first-order chi connectivity index (χ1) is 11.3. The molecule has 1 aliphatic rings. The van der Waals surface area contributed by atoms with Gasteiger partial charge in [0, 0.05) is 14.2 Å². The third kappa shape index (κ3) is 9.05. The fraction of sp³-hybridized carbons (Fsp3) is 0.545. The molecule has 0 radical (unpaired) electrons. The van der Waals surface area contributed by atoms with E-state index < -0.39 is 0 Å². The van der Waals surface area contributed by atoms with Crippen LogP contribution in [0, 0.1) is 5.41 Å². The first-order valence-corrected chi connectivity index (χ1v) is 8.69. The van der Waals surface area contributed by atoms with Crippen molar-refractivity contribution in [3.05, 3.63) is 58.7 Å². The molecule has 2 nitrogen and oxygen atoms in total. The van der Waals surface area contributed by atoms with E-state index in [1.807, 2.05) is 19.1 Å². The Kier molecular flexibility index (Phi) is 11.4. The van der Waals surface area contributed by atoms with Crippen LogP contribution in [-0.4, -0.2) is 25.9 Å². The highest BCUT2D eigenvalue weighted by Crippen LogP contribution is 2.40. The molecule has 0 atom stereocenters. The fourth-order valence-electron chi connectivity index (χ4n) is 2.84. The van der Waals surface area contributed by atoms with Gasteiger partial charge in [0.05, 0.1) is 6.61 Å². The van der Waals surface area contributed by atoms with Gasteiger partial charge in [0.1, 0.15) is 0 Å². The summed E-state index contributed by atoms with van der Waals surface area (Å²) in [4.78, 5) is 0. The number of hydrogen-bond donors (Lipinski definition) is 1. The van der Waals surface area contributed by atoms with Crippen LogP contribution in [0.5, 0.6) is 0 Å². The van der Waals surface area contributed by atoms with Gasteiger partial charge in [0.25, 0.3) is 0 Å². The lowest BCUT2D eigenvalue weighted by Gasteiger charge is -2.32. The highest BCUT2D eigenvalue weighted by molar-refractivity contribution is 5.37. The van der Waals surface area contributed by atoms with Gasteiger partial charge in [-0.25, -0.2) is 0 Å². The Morgan fingerprint density at radius 1 is 1.17 bits per heavy atom. The van der Waals surface area contributed by atoms with E-state index in [1.54, 1.807) is 20.3 Å². The van der Waals surface area contributed by atoms with Crippen molar-refractivity contribution in [1.82, 2.24) is 0 Å². The van der Waals surface area contributed by atoms with Gasteiger partial charge in [-0.05, 0) is 51.0 Å². The zero-order chi connectivity index (χ0) is 18.6. The summed E-state index contributed by atoms with van der Waals surface area (Å²) < 4.78 is 4.25. The topological polar surface area (TPSA) is 29.5 Å². The maximum atomic E-state index is 8.81. The van der Waals surface area contributed by atoms with Crippen molar-refractivity contribution in [3.8, 4) is 0 Å². The number of methoxy groups -OCH3 is 1. The minimum atomic E-state index is 0.0985. The van der Waals surface area contributed by atoms with Gasteiger partial charge in [-0.15, -0.1) is 0 Å². The van der Waals surface area contributed by atoms with Crippen LogP contribution >= 0.6 is 0 Å². The fourth-order valence-corrected chi connectivity index (χ4v) is 2.84. The number of allylic oxidation sites excluding steroid dienone is 9.